The molecular weight excluding hydrogens is 280 g/mol. The van der Waals surface area contributed by atoms with Gasteiger partial charge in [-0.3, -0.25) is 0 Å². The number of hydrogen-bond donors (Lipinski definition) is 1. The Bertz CT molecular complexity index is 652. The van der Waals surface area contributed by atoms with E-state index in [1.807, 2.05) is 19.2 Å². The maximum absolute atomic E-state index is 8.92. The second-order valence-corrected chi connectivity index (χ2v) is 4.99. The first kappa shape index (κ1) is 13.7. The van der Waals surface area contributed by atoms with Gasteiger partial charge >= 0.3 is 0 Å². The molecule has 1 aromatic heterocycles. The third kappa shape index (κ3) is 3.37. The van der Waals surface area contributed by atoms with Crippen molar-refractivity contribution < 1.29 is 0 Å². The Morgan fingerprint density at radius 2 is 2.11 bits per heavy atom. The molecule has 0 spiro atoms. The fourth-order valence-electron chi connectivity index (χ4n) is 1.52. The van der Waals surface area contributed by atoms with Gasteiger partial charge in [-0.1, -0.05) is 29.4 Å². The van der Waals surface area contributed by atoms with E-state index in [0.29, 0.717) is 21.7 Å². The number of aromatic nitrogens is 2. The molecule has 96 valence electrons. The third-order valence-electron chi connectivity index (χ3n) is 2.49. The minimum absolute atomic E-state index is 0.385. The van der Waals surface area contributed by atoms with Crippen molar-refractivity contribution in [2.24, 2.45) is 0 Å². The molecule has 0 aliphatic carbocycles. The standard InChI is InChI=1S/C13H11ClN4S/c1-8-3-4-9(7-15)5-10(8)16-12-6-11(14)17-13(18-12)19-2/h3-6H,1-2H3,(H,16,17,18). The minimum atomic E-state index is 0.385. The second-order valence-electron chi connectivity index (χ2n) is 3.83. The number of aryl methyl sites for hydroxylation is 1. The number of rotatable bonds is 3. The predicted octanol–water partition coefficient (Wildman–Crippen LogP) is 3.78. The summed E-state index contributed by atoms with van der Waals surface area (Å²) in [7, 11) is 0. The highest BCUT2D eigenvalue weighted by molar-refractivity contribution is 7.98. The molecule has 0 bridgehead atoms. The molecule has 2 rings (SSSR count). The Labute approximate surface area is 120 Å². The van der Waals surface area contributed by atoms with Crippen LogP contribution in [0.3, 0.4) is 0 Å². The summed E-state index contributed by atoms with van der Waals surface area (Å²) < 4.78 is 0. The lowest BCUT2D eigenvalue weighted by atomic mass is 10.1. The van der Waals surface area contributed by atoms with Crippen molar-refractivity contribution in [2.75, 3.05) is 11.6 Å². The Balaban J connectivity index is 2.36. The molecule has 0 aliphatic rings. The van der Waals surface area contributed by atoms with Crippen molar-refractivity contribution >= 4 is 34.9 Å². The van der Waals surface area contributed by atoms with E-state index in [0.717, 1.165) is 11.3 Å². The average molecular weight is 291 g/mol. The van der Waals surface area contributed by atoms with Crippen LogP contribution >= 0.6 is 23.4 Å². The summed E-state index contributed by atoms with van der Waals surface area (Å²) in [6.45, 7) is 1.96. The molecule has 1 N–H and O–H groups in total. The summed E-state index contributed by atoms with van der Waals surface area (Å²) in [5, 5.41) is 13.1. The molecule has 19 heavy (non-hydrogen) atoms. The number of nitriles is 1. The van der Waals surface area contributed by atoms with Gasteiger partial charge in [-0.2, -0.15) is 5.26 Å². The Morgan fingerprint density at radius 3 is 2.79 bits per heavy atom. The van der Waals surface area contributed by atoms with E-state index >= 15 is 0 Å². The van der Waals surface area contributed by atoms with Crippen LogP contribution in [0.25, 0.3) is 0 Å². The van der Waals surface area contributed by atoms with Gasteiger partial charge in [-0.15, -0.1) is 0 Å². The maximum Gasteiger partial charge on any atom is 0.190 e. The lowest BCUT2D eigenvalue weighted by Crippen LogP contribution is -1.98. The number of benzene rings is 1. The molecule has 0 radical (unpaired) electrons. The summed E-state index contributed by atoms with van der Waals surface area (Å²) in [6, 6.07) is 9.21. The van der Waals surface area contributed by atoms with E-state index in [1.165, 1.54) is 11.8 Å². The fraction of sp³-hybridized carbons (Fsp3) is 0.154. The summed E-state index contributed by atoms with van der Waals surface area (Å²) in [4.78, 5) is 8.39. The normalized spacial score (nSPS) is 10.0. The zero-order valence-corrected chi connectivity index (χ0v) is 12.0. The molecule has 0 saturated heterocycles. The lowest BCUT2D eigenvalue weighted by molar-refractivity contribution is 0.976. The molecule has 1 aromatic carbocycles. The maximum atomic E-state index is 8.92. The quantitative estimate of drug-likeness (QED) is 0.529. The largest absolute Gasteiger partial charge is 0.340 e. The first-order valence-corrected chi connectivity index (χ1v) is 7.09. The van der Waals surface area contributed by atoms with Gasteiger partial charge in [0.25, 0.3) is 0 Å². The third-order valence-corrected chi connectivity index (χ3v) is 3.23. The topological polar surface area (TPSA) is 61.6 Å². The first-order valence-electron chi connectivity index (χ1n) is 5.48. The van der Waals surface area contributed by atoms with Gasteiger partial charge in [0.1, 0.15) is 11.0 Å². The number of nitrogens with zero attached hydrogens (tertiary/aromatic N) is 3. The van der Waals surface area contributed by atoms with Crippen LogP contribution < -0.4 is 5.32 Å². The molecule has 1 heterocycles. The lowest BCUT2D eigenvalue weighted by Gasteiger charge is -2.10. The zero-order chi connectivity index (χ0) is 13.8. The van der Waals surface area contributed by atoms with Crippen LogP contribution in [-0.4, -0.2) is 16.2 Å². The Morgan fingerprint density at radius 1 is 1.32 bits per heavy atom. The van der Waals surface area contributed by atoms with Gasteiger partial charge in [-0.25, -0.2) is 9.97 Å². The summed E-state index contributed by atoms with van der Waals surface area (Å²) >= 11 is 7.36. The number of halogens is 1. The monoisotopic (exact) mass is 290 g/mol. The average Bonchev–Trinajstić information content (AvgIpc) is 2.40. The van der Waals surface area contributed by atoms with Crippen LogP contribution in [-0.2, 0) is 0 Å². The van der Waals surface area contributed by atoms with E-state index in [-0.39, 0.29) is 0 Å². The molecular formula is C13H11ClN4S. The van der Waals surface area contributed by atoms with Gasteiger partial charge < -0.3 is 5.32 Å². The van der Waals surface area contributed by atoms with E-state index in [4.69, 9.17) is 16.9 Å². The number of thioether (sulfide) groups is 1. The smallest absolute Gasteiger partial charge is 0.190 e. The highest BCUT2D eigenvalue weighted by atomic mass is 35.5. The van der Waals surface area contributed by atoms with Crippen LogP contribution in [0.2, 0.25) is 5.15 Å². The van der Waals surface area contributed by atoms with Crippen molar-refractivity contribution in [3.63, 3.8) is 0 Å². The number of nitrogens with one attached hydrogen (secondary N) is 1. The van der Waals surface area contributed by atoms with E-state index < -0.39 is 0 Å². The van der Waals surface area contributed by atoms with E-state index in [1.54, 1.807) is 18.2 Å². The van der Waals surface area contributed by atoms with Gasteiger partial charge in [0, 0.05) is 11.8 Å². The molecule has 0 saturated carbocycles. The van der Waals surface area contributed by atoms with Crippen molar-refractivity contribution in [3.8, 4) is 6.07 Å². The molecule has 6 heteroatoms. The van der Waals surface area contributed by atoms with Gasteiger partial charge in [0.2, 0.25) is 0 Å². The van der Waals surface area contributed by atoms with Crippen LogP contribution in [0.15, 0.2) is 29.4 Å². The summed E-state index contributed by atoms with van der Waals surface area (Å²) in [6.07, 6.45) is 1.89. The van der Waals surface area contributed by atoms with Crippen LogP contribution in [0, 0.1) is 18.3 Å². The second kappa shape index (κ2) is 5.91. The van der Waals surface area contributed by atoms with Crippen LogP contribution in [0.4, 0.5) is 11.5 Å². The van der Waals surface area contributed by atoms with Gasteiger partial charge in [0.15, 0.2) is 5.16 Å². The highest BCUT2D eigenvalue weighted by Gasteiger charge is 2.05. The zero-order valence-electron chi connectivity index (χ0n) is 10.4. The van der Waals surface area contributed by atoms with Gasteiger partial charge in [0.05, 0.1) is 11.6 Å². The first-order chi connectivity index (χ1) is 9.12. The van der Waals surface area contributed by atoms with Crippen molar-refractivity contribution in [2.45, 2.75) is 12.1 Å². The Kier molecular flexibility index (Phi) is 4.25. The molecule has 4 nitrogen and oxygen atoms in total. The predicted molar refractivity (Wildman–Crippen MR) is 78.0 cm³/mol. The molecule has 0 amide bonds. The van der Waals surface area contributed by atoms with Crippen LogP contribution in [0.1, 0.15) is 11.1 Å². The van der Waals surface area contributed by atoms with Gasteiger partial charge in [-0.05, 0) is 30.9 Å². The van der Waals surface area contributed by atoms with E-state index in [2.05, 4.69) is 21.4 Å². The van der Waals surface area contributed by atoms with E-state index in [9.17, 15) is 0 Å². The number of anilines is 2. The summed E-state index contributed by atoms with van der Waals surface area (Å²) in [5.74, 6) is 0.613. The summed E-state index contributed by atoms with van der Waals surface area (Å²) in [5.41, 5.74) is 2.46. The molecule has 0 aliphatic heterocycles. The number of hydrogen-bond acceptors (Lipinski definition) is 5. The highest BCUT2D eigenvalue weighted by Crippen LogP contribution is 2.23. The van der Waals surface area contributed by atoms with Crippen molar-refractivity contribution in [1.82, 2.24) is 9.97 Å². The molecule has 0 atom stereocenters. The van der Waals surface area contributed by atoms with Crippen molar-refractivity contribution in [3.05, 3.63) is 40.5 Å². The molecule has 0 fully saturated rings. The van der Waals surface area contributed by atoms with Crippen molar-refractivity contribution in [1.29, 1.82) is 5.26 Å². The SMILES string of the molecule is CSc1nc(Cl)cc(Nc2cc(C#N)ccc2C)n1. The minimum Gasteiger partial charge on any atom is -0.340 e. The fourth-order valence-corrected chi connectivity index (χ4v) is 2.13. The molecule has 0 unspecified atom stereocenters. The van der Waals surface area contributed by atoms with Crippen LogP contribution in [0.5, 0.6) is 0 Å². The molecule has 2 aromatic rings. The Hall–Kier alpha value is -1.77.